The molecular weight excluding hydrogens is 538 g/mol. The number of primary amides is 1. The molecule has 0 saturated carbocycles. The van der Waals surface area contributed by atoms with Crippen LogP contribution in [0.15, 0.2) is 114 Å². The van der Waals surface area contributed by atoms with Gasteiger partial charge >= 0.3 is 0 Å². The van der Waals surface area contributed by atoms with E-state index < -0.39 is 11.5 Å². The number of rotatable bonds is 12. The van der Waals surface area contributed by atoms with Crippen LogP contribution in [0.4, 0.5) is 5.69 Å². The smallest absolute Gasteiger partial charge is 0.253 e. The average molecular weight is 580 g/mol. The second-order valence-electron chi connectivity index (χ2n) is 11.1. The third-order valence-electron chi connectivity index (χ3n) is 7.75. The quantitative estimate of drug-likeness (QED) is 0.129. The molecule has 2 heterocycles. The SMILES string of the molecule is C=C(C)CC/C(=C\C(NCc1ccccc1)=C(/C)C(N)=O)Nc1cccc(C(=O)N2CCC(O)(c3ccncc3)CC2)c1. The van der Waals surface area contributed by atoms with Crippen molar-refractivity contribution >= 4 is 17.5 Å². The number of benzene rings is 2. The van der Waals surface area contributed by atoms with E-state index >= 15 is 0 Å². The Morgan fingerprint density at radius 2 is 1.72 bits per heavy atom. The van der Waals surface area contributed by atoms with Crippen molar-refractivity contribution in [1.82, 2.24) is 15.2 Å². The normalized spacial score (nSPS) is 15.3. The van der Waals surface area contributed by atoms with E-state index in [2.05, 4.69) is 22.2 Å². The highest BCUT2D eigenvalue weighted by Crippen LogP contribution is 2.33. The van der Waals surface area contributed by atoms with Crippen molar-refractivity contribution in [3.8, 4) is 0 Å². The summed E-state index contributed by atoms with van der Waals surface area (Å²) in [6.07, 6.45) is 7.57. The van der Waals surface area contributed by atoms with E-state index in [4.69, 9.17) is 5.73 Å². The Hall–Kier alpha value is -4.69. The molecule has 2 aromatic carbocycles. The molecule has 1 aromatic heterocycles. The highest BCUT2D eigenvalue weighted by Gasteiger charge is 2.35. The molecule has 0 radical (unpaired) electrons. The molecule has 224 valence electrons. The summed E-state index contributed by atoms with van der Waals surface area (Å²) in [7, 11) is 0. The largest absolute Gasteiger partial charge is 0.385 e. The molecule has 1 aliphatic rings. The third-order valence-corrected chi connectivity index (χ3v) is 7.75. The van der Waals surface area contributed by atoms with E-state index in [1.807, 2.05) is 73.7 Å². The zero-order valence-electron chi connectivity index (χ0n) is 25.0. The molecule has 3 aromatic rings. The van der Waals surface area contributed by atoms with Gasteiger partial charge in [-0.25, -0.2) is 0 Å². The van der Waals surface area contributed by atoms with Crippen LogP contribution in [0.3, 0.4) is 0 Å². The number of nitrogens with one attached hydrogen (secondary N) is 2. The zero-order chi connectivity index (χ0) is 30.8. The second-order valence-corrected chi connectivity index (χ2v) is 11.1. The summed E-state index contributed by atoms with van der Waals surface area (Å²) in [5.74, 6) is -0.585. The Bertz CT molecular complexity index is 1490. The average Bonchev–Trinajstić information content (AvgIpc) is 3.02. The standard InChI is InChI=1S/C35H41N5O3/c1-25(2)12-13-31(23-32(26(3)33(36)41)38-24-27-8-5-4-6-9-27)39-30-11-7-10-28(22-30)34(42)40-20-16-35(43,17-21-40)29-14-18-37-19-15-29/h4-11,14-15,18-19,22-23,38-39,43H,1,12-13,16-17,20-21,24H2,2-3H3,(H2,36,41)/b31-23+,32-26-. The van der Waals surface area contributed by atoms with Gasteiger partial charge in [0.2, 0.25) is 5.91 Å². The molecule has 2 amide bonds. The Morgan fingerprint density at radius 1 is 1.02 bits per heavy atom. The lowest BCUT2D eigenvalue weighted by Gasteiger charge is -2.38. The zero-order valence-corrected chi connectivity index (χ0v) is 25.0. The van der Waals surface area contributed by atoms with Crippen LogP contribution in [0.5, 0.6) is 0 Å². The number of likely N-dealkylation sites (tertiary alicyclic amines) is 1. The lowest BCUT2D eigenvalue weighted by Crippen LogP contribution is -2.45. The molecule has 1 saturated heterocycles. The fourth-order valence-corrected chi connectivity index (χ4v) is 5.04. The molecule has 0 atom stereocenters. The van der Waals surface area contributed by atoms with Gasteiger partial charge in [0.15, 0.2) is 0 Å². The van der Waals surface area contributed by atoms with Gasteiger partial charge in [0, 0.05) is 60.2 Å². The number of amides is 2. The number of carbonyl (C=O) groups excluding carboxylic acids is 2. The molecule has 0 unspecified atom stereocenters. The minimum Gasteiger partial charge on any atom is -0.385 e. The molecule has 0 aliphatic carbocycles. The molecular formula is C35H41N5O3. The van der Waals surface area contributed by atoms with Gasteiger partial charge in [0.25, 0.3) is 5.91 Å². The Kier molecular flexibility index (Phi) is 10.5. The highest BCUT2D eigenvalue weighted by atomic mass is 16.3. The van der Waals surface area contributed by atoms with Gasteiger partial charge in [-0.2, -0.15) is 0 Å². The van der Waals surface area contributed by atoms with Gasteiger partial charge in [-0.3, -0.25) is 14.6 Å². The summed E-state index contributed by atoms with van der Waals surface area (Å²) in [6.45, 7) is 9.16. The van der Waals surface area contributed by atoms with Gasteiger partial charge < -0.3 is 26.4 Å². The van der Waals surface area contributed by atoms with Crippen LogP contribution < -0.4 is 16.4 Å². The van der Waals surface area contributed by atoms with Crippen molar-refractivity contribution in [3.63, 3.8) is 0 Å². The number of hydrogen-bond acceptors (Lipinski definition) is 6. The maximum Gasteiger partial charge on any atom is 0.253 e. The fourth-order valence-electron chi connectivity index (χ4n) is 5.04. The maximum absolute atomic E-state index is 13.5. The minimum absolute atomic E-state index is 0.0809. The molecule has 0 spiro atoms. The summed E-state index contributed by atoms with van der Waals surface area (Å²) < 4.78 is 0. The number of hydrogen-bond donors (Lipinski definition) is 4. The van der Waals surface area contributed by atoms with Gasteiger partial charge in [0.1, 0.15) is 0 Å². The predicted molar refractivity (Wildman–Crippen MR) is 171 cm³/mol. The summed E-state index contributed by atoms with van der Waals surface area (Å²) >= 11 is 0. The van der Waals surface area contributed by atoms with E-state index in [9.17, 15) is 14.7 Å². The van der Waals surface area contributed by atoms with Crippen molar-refractivity contribution in [1.29, 1.82) is 0 Å². The topological polar surface area (TPSA) is 121 Å². The van der Waals surface area contributed by atoms with Crippen molar-refractivity contribution in [2.24, 2.45) is 5.73 Å². The Morgan fingerprint density at radius 3 is 2.37 bits per heavy atom. The molecule has 8 nitrogen and oxygen atoms in total. The van der Waals surface area contributed by atoms with E-state index in [1.54, 1.807) is 30.3 Å². The second kappa shape index (κ2) is 14.5. The first kappa shape index (κ1) is 31.3. The van der Waals surface area contributed by atoms with Crippen LogP contribution in [0.1, 0.15) is 61.0 Å². The molecule has 1 aliphatic heterocycles. The maximum atomic E-state index is 13.5. The number of aliphatic hydroxyl groups is 1. The van der Waals surface area contributed by atoms with Gasteiger partial charge in [0.05, 0.1) is 5.60 Å². The summed E-state index contributed by atoms with van der Waals surface area (Å²) in [4.78, 5) is 31.5. The summed E-state index contributed by atoms with van der Waals surface area (Å²) in [5, 5.41) is 18.0. The minimum atomic E-state index is -0.963. The lowest BCUT2D eigenvalue weighted by molar-refractivity contribution is -0.114. The van der Waals surface area contributed by atoms with Crippen LogP contribution >= 0.6 is 0 Å². The predicted octanol–water partition coefficient (Wildman–Crippen LogP) is 5.41. The third kappa shape index (κ3) is 8.66. The number of anilines is 1. The fraction of sp³-hybridized carbons (Fsp3) is 0.286. The monoisotopic (exact) mass is 579 g/mol. The lowest BCUT2D eigenvalue weighted by atomic mass is 9.85. The first-order valence-electron chi connectivity index (χ1n) is 14.6. The number of aromatic nitrogens is 1. The van der Waals surface area contributed by atoms with E-state index in [0.29, 0.717) is 55.7 Å². The van der Waals surface area contributed by atoms with Crippen molar-refractivity contribution < 1.29 is 14.7 Å². The van der Waals surface area contributed by atoms with Crippen LogP contribution in [0.2, 0.25) is 0 Å². The van der Waals surface area contributed by atoms with Gasteiger partial charge in [-0.1, -0.05) is 42.0 Å². The number of allylic oxidation sites excluding steroid dienone is 3. The van der Waals surface area contributed by atoms with Crippen molar-refractivity contribution in [2.45, 2.75) is 51.7 Å². The van der Waals surface area contributed by atoms with E-state index in [1.165, 1.54) is 0 Å². The van der Waals surface area contributed by atoms with Crippen LogP contribution in [0, 0.1) is 0 Å². The van der Waals surface area contributed by atoms with Crippen LogP contribution in [0.25, 0.3) is 0 Å². The summed E-state index contributed by atoms with van der Waals surface area (Å²) in [6, 6.07) is 21.0. The highest BCUT2D eigenvalue weighted by molar-refractivity contribution is 5.95. The number of piperidine rings is 1. The van der Waals surface area contributed by atoms with Crippen LogP contribution in [-0.2, 0) is 16.9 Å². The Labute approximate surface area is 254 Å². The van der Waals surface area contributed by atoms with E-state index in [0.717, 1.165) is 34.5 Å². The Balaban J connectivity index is 1.51. The molecule has 8 heteroatoms. The first-order valence-corrected chi connectivity index (χ1v) is 14.6. The van der Waals surface area contributed by atoms with Crippen molar-refractivity contribution in [2.75, 3.05) is 18.4 Å². The van der Waals surface area contributed by atoms with Crippen molar-refractivity contribution in [3.05, 3.63) is 131 Å². The van der Waals surface area contributed by atoms with Gasteiger partial charge in [-0.15, -0.1) is 6.58 Å². The number of nitrogens with two attached hydrogens (primary N) is 1. The van der Waals surface area contributed by atoms with Gasteiger partial charge in [-0.05, 0) is 87.1 Å². The molecule has 5 N–H and O–H groups in total. The number of carbonyl (C=O) groups is 2. The number of pyridine rings is 1. The summed E-state index contributed by atoms with van der Waals surface area (Å²) in [5.41, 5.74) is 10.9. The molecule has 4 rings (SSSR count). The van der Waals surface area contributed by atoms with E-state index in [-0.39, 0.29) is 5.91 Å². The molecule has 0 bridgehead atoms. The molecule has 43 heavy (non-hydrogen) atoms. The first-order chi connectivity index (χ1) is 20.6. The number of nitrogens with zero attached hydrogens (tertiary/aromatic N) is 2. The van der Waals surface area contributed by atoms with Crippen LogP contribution in [-0.4, -0.2) is 39.9 Å². The molecule has 1 fully saturated rings.